The van der Waals surface area contributed by atoms with Gasteiger partial charge in [0.25, 0.3) is 5.56 Å². The normalized spacial score (nSPS) is 18.9. The zero-order valence-corrected chi connectivity index (χ0v) is 27.0. The van der Waals surface area contributed by atoms with Gasteiger partial charge in [-0.25, -0.2) is 14.5 Å². The number of anilines is 2. The van der Waals surface area contributed by atoms with Crippen LogP contribution in [0.25, 0.3) is 10.9 Å². The van der Waals surface area contributed by atoms with Gasteiger partial charge in [0, 0.05) is 64.6 Å². The van der Waals surface area contributed by atoms with Crippen LogP contribution in [-0.2, 0) is 58.6 Å². The Hall–Kier alpha value is -4.29. The summed E-state index contributed by atoms with van der Waals surface area (Å²) in [6, 6.07) is 12.0. The van der Waals surface area contributed by atoms with Crippen molar-refractivity contribution in [2.24, 2.45) is 0 Å². The fourth-order valence-corrected chi connectivity index (χ4v) is 7.18. The molecule has 0 bridgehead atoms. The number of likely N-dealkylation sites (N-methyl/N-ethyl adjacent to an activating group) is 1. The van der Waals surface area contributed by atoms with Gasteiger partial charge in [-0.2, -0.15) is 5.10 Å². The van der Waals surface area contributed by atoms with E-state index in [1.165, 1.54) is 4.68 Å². The summed E-state index contributed by atoms with van der Waals surface area (Å²) in [5.41, 5.74) is 3.78. The van der Waals surface area contributed by atoms with Crippen molar-refractivity contribution in [2.45, 2.75) is 70.7 Å². The van der Waals surface area contributed by atoms with Gasteiger partial charge in [0.15, 0.2) is 0 Å². The van der Waals surface area contributed by atoms with E-state index in [4.69, 9.17) is 14.5 Å². The first-order valence-corrected chi connectivity index (χ1v) is 16.1. The monoisotopic (exact) mass is 627 g/mol. The molecule has 0 unspecified atom stereocenters. The lowest BCUT2D eigenvalue weighted by molar-refractivity contribution is -0.121. The number of aryl methyl sites for hydroxylation is 4. The number of morpholine rings is 1. The lowest BCUT2D eigenvalue weighted by atomic mass is 9.86. The summed E-state index contributed by atoms with van der Waals surface area (Å²) >= 11 is 0. The van der Waals surface area contributed by atoms with Crippen LogP contribution >= 0.6 is 0 Å². The molecule has 3 aliphatic heterocycles. The standard InChI is InChI=1S/C34H41N7O5/c1-34(2)26-10-7-22(18-28(26)37(3)32(34)43)11-14-39-29(12-15-41-33(44)40-13-5-6-30(40)36-41)35-27-19-23(8-9-25(27)31(39)42)38-16-17-46-24(20-38)21-45-4/h7-10,18-19,24H,5-6,11-17,20-21H2,1-4H3/t24-/m1/s1. The van der Waals surface area contributed by atoms with Gasteiger partial charge in [-0.1, -0.05) is 12.1 Å². The number of ether oxygens (including phenoxy) is 2. The molecule has 0 saturated carbocycles. The first-order chi connectivity index (χ1) is 22.2. The van der Waals surface area contributed by atoms with Crippen molar-refractivity contribution in [3.8, 4) is 0 Å². The van der Waals surface area contributed by atoms with E-state index in [1.807, 2.05) is 51.2 Å². The summed E-state index contributed by atoms with van der Waals surface area (Å²) < 4.78 is 16.1. The SMILES string of the molecule is COC[C@H]1CN(c2ccc3c(=O)n(CCc4ccc5c(c4)N(C)C(=O)C5(C)C)c(CCn4nc5n(c4=O)CCC5)nc3c2)CCO1. The van der Waals surface area contributed by atoms with Crippen molar-refractivity contribution in [1.29, 1.82) is 0 Å². The van der Waals surface area contributed by atoms with Crippen LogP contribution in [0.1, 0.15) is 43.0 Å². The highest BCUT2D eigenvalue weighted by molar-refractivity contribution is 6.07. The minimum atomic E-state index is -0.564. The number of nitrogens with zero attached hydrogens (tertiary/aromatic N) is 7. The molecule has 1 atom stereocenters. The van der Waals surface area contributed by atoms with Crippen molar-refractivity contribution in [1.82, 2.24) is 23.9 Å². The lowest BCUT2D eigenvalue weighted by Crippen LogP contribution is -2.44. The Morgan fingerprint density at radius 1 is 1.04 bits per heavy atom. The van der Waals surface area contributed by atoms with E-state index < -0.39 is 5.41 Å². The van der Waals surface area contributed by atoms with Crippen molar-refractivity contribution in [3.05, 3.63) is 80.0 Å². The molecule has 1 saturated heterocycles. The van der Waals surface area contributed by atoms with E-state index in [1.54, 1.807) is 21.1 Å². The van der Waals surface area contributed by atoms with Crippen LogP contribution in [0.15, 0.2) is 46.0 Å². The van der Waals surface area contributed by atoms with E-state index in [9.17, 15) is 14.4 Å². The van der Waals surface area contributed by atoms with E-state index in [2.05, 4.69) is 16.1 Å². The number of carbonyl (C=O) groups is 1. The summed E-state index contributed by atoms with van der Waals surface area (Å²) in [6.07, 6.45) is 2.68. The second-order valence-corrected chi connectivity index (χ2v) is 13.1. The Bertz CT molecular complexity index is 1940. The van der Waals surface area contributed by atoms with Crippen molar-refractivity contribution in [3.63, 3.8) is 0 Å². The summed E-state index contributed by atoms with van der Waals surface area (Å²) in [5, 5.41) is 5.11. The molecule has 1 amide bonds. The fourth-order valence-electron chi connectivity index (χ4n) is 7.18. The van der Waals surface area contributed by atoms with Crippen LogP contribution in [-0.4, -0.2) is 76.4 Å². The second kappa shape index (κ2) is 11.8. The van der Waals surface area contributed by atoms with Gasteiger partial charge in [-0.15, -0.1) is 0 Å². The average Bonchev–Trinajstić information content (AvgIpc) is 3.69. The van der Waals surface area contributed by atoms with Crippen LogP contribution in [0.5, 0.6) is 0 Å². The van der Waals surface area contributed by atoms with Crippen molar-refractivity contribution in [2.75, 3.05) is 50.3 Å². The van der Waals surface area contributed by atoms with Gasteiger partial charge in [-0.3, -0.25) is 18.7 Å². The maximum Gasteiger partial charge on any atom is 0.345 e. The molecule has 46 heavy (non-hydrogen) atoms. The van der Waals surface area contributed by atoms with Gasteiger partial charge in [0.05, 0.1) is 42.2 Å². The molecule has 242 valence electrons. The molecule has 0 aliphatic carbocycles. The number of aromatic nitrogens is 5. The van der Waals surface area contributed by atoms with E-state index >= 15 is 0 Å². The Morgan fingerprint density at radius 3 is 2.70 bits per heavy atom. The van der Waals surface area contributed by atoms with Crippen LogP contribution < -0.4 is 21.0 Å². The van der Waals surface area contributed by atoms with Crippen LogP contribution in [0.4, 0.5) is 11.4 Å². The predicted molar refractivity (Wildman–Crippen MR) is 175 cm³/mol. The van der Waals surface area contributed by atoms with Crippen molar-refractivity contribution < 1.29 is 14.3 Å². The molecular formula is C34H41N7O5. The average molecular weight is 628 g/mol. The molecule has 12 nitrogen and oxygen atoms in total. The highest BCUT2D eigenvalue weighted by Gasteiger charge is 2.42. The largest absolute Gasteiger partial charge is 0.382 e. The molecule has 2 aromatic heterocycles. The Balaban J connectivity index is 1.21. The number of methoxy groups -OCH3 is 1. The first-order valence-electron chi connectivity index (χ1n) is 16.1. The number of hydrogen-bond donors (Lipinski definition) is 0. The van der Waals surface area contributed by atoms with Crippen LogP contribution in [0.2, 0.25) is 0 Å². The van der Waals surface area contributed by atoms with Gasteiger partial charge in [0.2, 0.25) is 5.91 Å². The molecule has 0 radical (unpaired) electrons. The zero-order valence-electron chi connectivity index (χ0n) is 27.0. The van der Waals surface area contributed by atoms with Gasteiger partial charge < -0.3 is 19.3 Å². The molecule has 0 spiro atoms. The zero-order chi connectivity index (χ0) is 32.2. The van der Waals surface area contributed by atoms with Gasteiger partial charge in [0.1, 0.15) is 11.6 Å². The third-order valence-electron chi connectivity index (χ3n) is 9.76. The van der Waals surface area contributed by atoms with E-state index in [-0.39, 0.29) is 23.3 Å². The smallest absolute Gasteiger partial charge is 0.345 e. The summed E-state index contributed by atoms with van der Waals surface area (Å²) in [6.45, 7) is 7.88. The molecule has 4 aromatic rings. The molecule has 3 aliphatic rings. The van der Waals surface area contributed by atoms with Crippen LogP contribution in [0.3, 0.4) is 0 Å². The van der Waals surface area contributed by atoms with Crippen LogP contribution in [0, 0.1) is 0 Å². The van der Waals surface area contributed by atoms with Gasteiger partial charge >= 0.3 is 5.69 Å². The third kappa shape index (κ3) is 5.23. The highest BCUT2D eigenvalue weighted by atomic mass is 16.5. The summed E-state index contributed by atoms with van der Waals surface area (Å²) in [4.78, 5) is 48.9. The molecule has 1 fully saturated rings. The lowest BCUT2D eigenvalue weighted by Gasteiger charge is -2.34. The number of fused-ring (bicyclic) bond motifs is 3. The number of benzene rings is 2. The Kier molecular flexibility index (Phi) is 7.80. The molecule has 5 heterocycles. The first kappa shape index (κ1) is 30.4. The Morgan fingerprint density at radius 2 is 1.89 bits per heavy atom. The minimum Gasteiger partial charge on any atom is -0.382 e. The second-order valence-electron chi connectivity index (χ2n) is 13.1. The third-order valence-corrected chi connectivity index (χ3v) is 9.76. The fraction of sp³-hybridized carbons (Fsp3) is 0.500. The molecule has 7 rings (SSSR count). The number of carbonyl (C=O) groups excluding carboxylic acids is 1. The number of amides is 1. The highest BCUT2D eigenvalue weighted by Crippen LogP contribution is 2.41. The minimum absolute atomic E-state index is 0.0241. The summed E-state index contributed by atoms with van der Waals surface area (Å²) in [5.74, 6) is 1.51. The summed E-state index contributed by atoms with van der Waals surface area (Å²) in [7, 11) is 3.48. The predicted octanol–water partition coefficient (Wildman–Crippen LogP) is 2.29. The molecule has 12 heteroatoms. The quantitative estimate of drug-likeness (QED) is 0.278. The molecular weight excluding hydrogens is 586 g/mol. The molecule has 2 aromatic carbocycles. The Labute approximate surface area is 267 Å². The van der Waals surface area contributed by atoms with E-state index in [0.29, 0.717) is 69.0 Å². The van der Waals surface area contributed by atoms with Gasteiger partial charge in [-0.05, 0) is 62.1 Å². The molecule has 0 N–H and O–H groups in total. The topological polar surface area (TPSA) is 117 Å². The van der Waals surface area contributed by atoms with E-state index in [0.717, 1.165) is 47.7 Å². The maximum absolute atomic E-state index is 14.1. The van der Waals surface area contributed by atoms with Crippen molar-refractivity contribution >= 4 is 28.2 Å². The number of rotatable bonds is 9. The number of hydrogen-bond acceptors (Lipinski definition) is 8. The maximum atomic E-state index is 14.1.